The summed E-state index contributed by atoms with van der Waals surface area (Å²) in [5.41, 5.74) is 0. The molecule has 3 nitrogen and oxygen atoms in total. The van der Waals surface area contributed by atoms with Crippen LogP contribution < -0.4 is 0 Å². The van der Waals surface area contributed by atoms with Crippen molar-refractivity contribution in [2.45, 2.75) is 149 Å². The Morgan fingerprint density at radius 2 is 0.871 bits per heavy atom. The highest BCUT2D eigenvalue weighted by molar-refractivity contribution is 5.69. The Bertz CT molecular complexity index is 348. The van der Waals surface area contributed by atoms with Gasteiger partial charge in [0.25, 0.3) is 0 Å². The summed E-state index contributed by atoms with van der Waals surface area (Å²) in [4.78, 5) is 13.7. The first-order chi connectivity index (χ1) is 15.1. The molecule has 0 aliphatic carbocycles. The number of unbranched alkanes of at least 4 members (excludes halogenated alkanes) is 18. The van der Waals surface area contributed by atoms with Crippen LogP contribution in [0.3, 0.4) is 0 Å². The van der Waals surface area contributed by atoms with Crippen LogP contribution in [-0.4, -0.2) is 35.6 Å². The number of carboxylic acids is 1. The van der Waals surface area contributed by atoms with Gasteiger partial charge in [0, 0.05) is 6.54 Å². The van der Waals surface area contributed by atoms with Gasteiger partial charge in [0.15, 0.2) is 0 Å². The summed E-state index contributed by atoms with van der Waals surface area (Å²) in [6.45, 7) is 9.27. The zero-order chi connectivity index (χ0) is 23.0. The minimum absolute atomic E-state index is 0.258. The molecule has 0 aromatic rings. The highest BCUT2D eigenvalue weighted by atomic mass is 16.4. The van der Waals surface area contributed by atoms with Crippen LogP contribution in [0.1, 0.15) is 149 Å². The third kappa shape index (κ3) is 22.4. The number of carbonyl (C=O) groups is 1. The predicted molar refractivity (Wildman–Crippen MR) is 137 cm³/mol. The molecule has 0 aromatic heterocycles. The summed E-state index contributed by atoms with van der Waals surface area (Å²) in [5, 5.41) is 9.30. The van der Waals surface area contributed by atoms with Gasteiger partial charge in [-0.25, -0.2) is 0 Å². The lowest BCUT2D eigenvalue weighted by Crippen LogP contribution is -2.33. The summed E-state index contributed by atoms with van der Waals surface area (Å²) < 4.78 is 0. The minimum Gasteiger partial charge on any atom is -0.481 e. The van der Waals surface area contributed by atoms with E-state index >= 15 is 0 Å². The maximum absolute atomic E-state index is 11.3. The first-order valence-corrected chi connectivity index (χ1v) is 14.1. The van der Waals surface area contributed by atoms with Crippen LogP contribution in [0.5, 0.6) is 0 Å². The van der Waals surface area contributed by atoms with Crippen molar-refractivity contribution in [2.24, 2.45) is 5.92 Å². The van der Waals surface area contributed by atoms with Crippen molar-refractivity contribution < 1.29 is 9.90 Å². The molecule has 0 saturated carbocycles. The fraction of sp³-hybridized carbons (Fsp3) is 0.964. The predicted octanol–water partition coefficient (Wildman–Crippen LogP) is 8.85. The van der Waals surface area contributed by atoms with Crippen LogP contribution in [0.15, 0.2) is 0 Å². The summed E-state index contributed by atoms with van der Waals surface area (Å²) in [6.07, 6.45) is 27.1. The summed E-state index contributed by atoms with van der Waals surface area (Å²) in [6, 6.07) is 0. The van der Waals surface area contributed by atoms with E-state index in [4.69, 9.17) is 0 Å². The second-order valence-corrected chi connectivity index (χ2v) is 9.90. The first-order valence-electron chi connectivity index (χ1n) is 14.1. The molecule has 0 aromatic carbocycles. The molecule has 0 aliphatic heterocycles. The first kappa shape index (κ1) is 30.4. The Kier molecular flexibility index (Phi) is 23.6. The van der Waals surface area contributed by atoms with Crippen molar-refractivity contribution in [3.63, 3.8) is 0 Å². The number of aliphatic carboxylic acids is 1. The van der Waals surface area contributed by atoms with E-state index in [1.165, 1.54) is 128 Å². The molecule has 0 spiro atoms. The van der Waals surface area contributed by atoms with E-state index in [9.17, 15) is 9.90 Å². The average molecular weight is 440 g/mol. The summed E-state index contributed by atoms with van der Waals surface area (Å²) in [7, 11) is 0. The van der Waals surface area contributed by atoms with Crippen molar-refractivity contribution in [3.05, 3.63) is 0 Å². The molecule has 186 valence electrons. The van der Waals surface area contributed by atoms with Crippen molar-refractivity contribution in [2.75, 3.05) is 19.6 Å². The van der Waals surface area contributed by atoms with Gasteiger partial charge in [-0.05, 0) is 25.9 Å². The second kappa shape index (κ2) is 24.1. The number of rotatable bonds is 25. The van der Waals surface area contributed by atoms with E-state index in [-0.39, 0.29) is 5.92 Å². The maximum atomic E-state index is 11.3. The number of carboxylic acid groups (broad SMARTS) is 1. The molecule has 31 heavy (non-hydrogen) atoms. The second-order valence-electron chi connectivity index (χ2n) is 9.90. The minimum atomic E-state index is -0.656. The number of nitrogens with zero attached hydrogens (tertiary/aromatic N) is 1. The highest BCUT2D eigenvalue weighted by Crippen LogP contribution is 2.13. The third-order valence-corrected chi connectivity index (χ3v) is 6.61. The molecule has 0 saturated heterocycles. The third-order valence-electron chi connectivity index (χ3n) is 6.61. The molecular formula is C28H57NO2. The van der Waals surface area contributed by atoms with Gasteiger partial charge in [0.1, 0.15) is 0 Å². The van der Waals surface area contributed by atoms with Crippen LogP contribution in [0.25, 0.3) is 0 Å². The van der Waals surface area contributed by atoms with Gasteiger partial charge in [0.05, 0.1) is 5.92 Å². The van der Waals surface area contributed by atoms with Crippen molar-refractivity contribution in [1.82, 2.24) is 4.90 Å². The maximum Gasteiger partial charge on any atom is 0.307 e. The van der Waals surface area contributed by atoms with Crippen LogP contribution >= 0.6 is 0 Å². The molecule has 1 unspecified atom stereocenters. The summed E-state index contributed by atoms with van der Waals surface area (Å²) in [5.74, 6) is -0.914. The molecule has 0 heterocycles. The summed E-state index contributed by atoms with van der Waals surface area (Å²) >= 11 is 0. The Morgan fingerprint density at radius 3 is 1.16 bits per heavy atom. The highest BCUT2D eigenvalue weighted by Gasteiger charge is 2.15. The van der Waals surface area contributed by atoms with E-state index in [2.05, 4.69) is 18.7 Å². The fourth-order valence-corrected chi connectivity index (χ4v) is 4.41. The van der Waals surface area contributed by atoms with E-state index in [1.807, 2.05) is 6.92 Å². The Balaban J connectivity index is 3.80. The molecule has 1 atom stereocenters. The Hall–Kier alpha value is -0.570. The van der Waals surface area contributed by atoms with Gasteiger partial charge in [0.2, 0.25) is 0 Å². The lowest BCUT2D eigenvalue weighted by molar-refractivity contribution is -0.141. The molecular weight excluding hydrogens is 382 g/mol. The lowest BCUT2D eigenvalue weighted by atomic mass is 10.1. The van der Waals surface area contributed by atoms with Crippen LogP contribution in [-0.2, 0) is 4.79 Å². The van der Waals surface area contributed by atoms with E-state index in [0.29, 0.717) is 6.54 Å². The average Bonchev–Trinajstić information content (AvgIpc) is 2.75. The smallest absolute Gasteiger partial charge is 0.307 e. The lowest BCUT2D eigenvalue weighted by Gasteiger charge is -2.24. The molecule has 1 N–H and O–H groups in total. The standard InChI is InChI=1S/C28H57NO2/c1-4-6-8-10-12-14-16-18-20-22-24-29(26-27(3)28(30)31)25-23-21-19-17-15-13-11-9-7-5-2/h27H,4-26H2,1-3H3,(H,30,31). The van der Waals surface area contributed by atoms with E-state index < -0.39 is 5.97 Å². The molecule has 0 fully saturated rings. The van der Waals surface area contributed by atoms with Gasteiger partial charge in [-0.1, -0.05) is 136 Å². The van der Waals surface area contributed by atoms with Gasteiger partial charge >= 0.3 is 5.97 Å². The number of hydrogen-bond acceptors (Lipinski definition) is 2. The van der Waals surface area contributed by atoms with Gasteiger partial charge in [-0.15, -0.1) is 0 Å². The van der Waals surface area contributed by atoms with Gasteiger partial charge in [-0.3, -0.25) is 4.79 Å². The van der Waals surface area contributed by atoms with Crippen LogP contribution in [0, 0.1) is 5.92 Å². The molecule has 0 radical (unpaired) electrons. The van der Waals surface area contributed by atoms with E-state index in [1.54, 1.807) is 0 Å². The molecule has 0 rings (SSSR count). The Labute approximate surface area is 195 Å². The van der Waals surface area contributed by atoms with Crippen molar-refractivity contribution >= 4 is 5.97 Å². The normalized spacial score (nSPS) is 12.5. The van der Waals surface area contributed by atoms with Gasteiger partial charge in [-0.2, -0.15) is 0 Å². The molecule has 0 aliphatic rings. The molecule has 0 bridgehead atoms. The van der Waals surface area contributed by atoms with Crippen LogP contribution in [0.2, 0.25) is 0 Å². The largest absolute Gasteiger partial charge is 0.481 e. The van der Waals surface area contributed by atoms with Gasteiger partial charge < -0.3 is 10.0 Å². The zero-order valence-electron chi connectivity index (χ0n) is 21.6. The molecule has 3 heteroatoms. The Morgan fingerprint density at radius 1 is 0.581 bits per heavy atom. The van der Waals surface area contributed by atoms with Crippen molar-refractivity contribution in [3.8, 4) is 0 Å². The molecule has 0 amide bonds. The van der Waals surface area contributed by atoms with Crippen LogP contribution in [0.4, 0.5) is 0 Å². The monoisotopic (exact) mass is 439 g/mol. The topological polar surface area (TPSA) is 40.5 Å². The van der Waals surface area contributed by atoms with Crippen molar-refractivity contribution in [1.29, 1.82) is 0 Å². The SMILES string of the molecule is CCCCCCCCCCCCN(CCCCCCCCCCCC)CC(C)C(=O)O. The zero-order valence-corrected chi connectivity index (χ0v) is 21.6. The number of hydrogen-bond donors (Lipinski definition) is 1. The quantitative estimate of drug-likeness (QED) is 0.144. The fourth-order valence-electron chi connectivity index (χ4n) is 4.41. The van der Waals surface area contributed by atoms with E-state index in [0.717, 1.165) is 13.1 Å².